The van der Waals surface area contributed by atoms with Gasteiger partial charge in [0.2, 0.25) is 11.8 Å². The molecule has 1 heterocycles. The second-order valence-electron chi connectivity index (χ2n) is 3.03. The summed E-state index contributed by atoms with van der Waals surface area (Å²) in [6, 6.07) is -0.729. The van der Waals surface area contributed by atoms with Crippen LogP contribution in [0.1, 0.15) is 26.7 Å². The van der Waals surface area contributed by atoms with E-state index in [1.807, 2.05) is 0 Å². The molecule has 0 unspecified atom stereocenters. The summed E-state index contributed by atoms with van der Waals surface area (Å²) in [4.78, 5) is 33.6. The summed E-state index contributed by atoms with van der Waals surface area (Å²) in [7, 11) is 0. The molecule has 1 aliphatic heterocycles. The molecule has 1 fully saturated rings. The molecule has 0 bridgehead atoms. The number of amides is 4. The molecular weight excluding hydrogens is 247 g/mol. The molecule has 0 saturated carbocycles. The second-order valence-corrected chi connectivity index (χ2v) is 3.03. The van der Waals surface area contributed by atoms with Gasteiger partial charge in [-0.25, -0.2) is 4.79 Å². The van der Waals surface area contributed by atoms with Gasteiger partial charge >= 0.3 is 57.4 Å². The minimum atomic E-state index is -1.06. The van der Waals surface area contributed by atoms with E-state index in [-0.39, 0.29) is 63.8 Å². The van der Waals surface area contributed by atoms with Gasteiger partial charge in [-0.05, 0) is 12.8 Å². The van der Waals surface area contributed by atoms with Crippen molar-refractivity contribution >= 4 is 81.6 Å². The first-order valence-electron chi connectivity index (χ1n) is 4.23. The Morgan fingerprint density at radius 2 is 1.33 bits per heavy atom. The molecular formula is C8H14ClKN2O3. The van der Waals surface area contributed by atoms with Crippen LogP contribution in [0.25, 0.3) is 0 Å². The van der Waals surface area contributed by atoms with Crippen LogP contribution in [-0.4, -0.2) is 69.2 Å². The zero-order chi connectivity index (χ0) is 10.1. The molecule has 1 saturated heterocycles. The summed E-state index contributed by atoms with van der Waals surface area (Å²) in [5, 5.41) is 4.19. The van der Waals surface area contributed by atoms with Gasteiger partial charge in [0.1, 0.15) is 5.41 Å². The number of barbiturate groups is 1. The van der Waals surface area contributed by atoms with Crippen LogP contribution in [0.15, 0.2) is 0 Å². The Morgan fingerprint density at radius 1 is 1.00 bits per heavy atom. The van der Waals surface area contributed by atoms with E-state index in [1.165, 1.54) is 0 Å². The topological polar surface area (TPSA) is 75.3 Å². The summed E-state index contributed by atoms with van der Waals surface area (Å²) in [6.07, 6.45) is 0.795. The Morgan fingerprint density at radius 3 is 1.60 bits per heavy atom. The molecule has 0 radical (unpaired) electrons. The van der Waals surface area contributed by atoms with Crippen LogP contribution < -0.4 is 10.6 Å². The maximum absolute atomic E-state index is 11.4. The Labute approximate surface area is 137 Å². The first-order chi connectivity index (χ1) is 6.06. The van der Waals surface area contributed by atoms with Crippen molar-refractivity contribution in [1.82, 2.24) is 10.6 Å². The van der Waals surface area contributed by atoms with Crippen molar-refractivity contribution in [1.29, 1.82) is 0 Å². The van der Waals surface area contributed by atoms with Gasteiger partial charge in [-0.15, -0.1) is 12.4 Å². The molecule has 15 heavy (non-hydrogen) atoms. The Balaban J connectivity index is 0. The van der Waals surface area contributed by atoms with Gasteiger partial charge in [0.15, 0.2) is 0 Å². The molecule has 0 spiro atoms. The predicted octanol–water partition coefficient (Wildman–Crippen LogP) is -0.0679. The van der Waals surface area contributed by atoms with Gasteiger partial charge in [-0.3, -0.25) is 20.2 Å². The van der Waals surface area contributed by atoms with Crippen LogP contribution in [0.5, 0.6) is 0 Å². The van der Waals surface area contributed by atoms with Gasteiger partial charge in [0.25, 0.3) is 0 Å². The molecule has 1 aliphatic rings. The molecule has 1 rings (SSSR count). The Kier molecular flexibility index (Phi) is 8.34. The van der Waals surface area contributed by atoms with Crippen molar-refractivity contribution in [2.75, 3.05) is 0 Å². The van der Waals surface area contributed by atoms with Crippen molar-refractivity contribution in [3.05, 3.63) is 0 Å². The van der Waals surface area contributed by atoms with E-state index in [0.29, 0.717) is 12.8 Å². The van der Waals surface area contributed by atoms with Gasteiger partial charge in [-0.1, -0.05) is 13.8 Å². The van der Waals surface area contributed by atoms with Crippen molar-refractivity contribution < 1.29 is 14.4 Å². The van der Waals surface area contributed by atoms with Gasteiger partial charge in [0.05, 0.1) is 0 Å². The fraction of sp³-hybridized carbons (Fsp3) is 0.625. The Hall–Kier alpha value is 0.536. The zero-order valence-electron chi connectivity index (χ0n) is 8.05. The fourth-order valence-electron chi connectivity index (χ4n) is 1.47. The first kappa shape index (κ1) is 17.9. The summed E-state index contributed by atoms with van der Waals surface area (Å²) in [5.74, 6) is -0.988. The molecule has 5 nitrogen and oxygen atoms in total. The average Bonchev–Trinajstić information content (AvgIpc) is 2.05. The number of hydrogen-bond acceptors (Lipinski definition) is 3. The molecule has 2 N–H and O–H groups in total. The number of halogens is 1. The SMILES string of the molecule is CCC1(CC)C(=O)NC(=O)NC1=O.Cl.[KH]. The van der Waals surface area contributed by atoms with E-state index in [4.69, 9.17) is 0 Å². The van der Waals surface area contributed by atoms with E-state index in [0.717, 1.165) is 0 Å². The number of nitrogens with one attached hydrogen (secondary N) is 2. The zero-order valence-corrected chi connectivity index (χ0v) is 8.86. The third kappa shape index (κ3) is 3.24. The van der Waals surface area contributed by atoms with E-state index in [1.54, 1.807) is 13.8 Å². The summed E-state index contributed by atoms with van der Waals surface area (Å²) in [5.41, 5.74) is -1.06. The molecule has 4 amide bonds. The minimum absolute atomic E-state index is 0. The number of hydrogen-bond donors (Lipinski definition) is 2. The number of carbonyl (C=O) groups excluding carboxylic acids is 3. The van der Waals surface area contributed by atoms with E-state index >= 15 is 0 Å². The molecule has 0 aromatic rings. The number of rotatable bonds is 2. The van der Waals surface area contributed by atoms with Crippen molar-refractivity contribution in [3.63, 3.8) is 0 Å². The number of carbonyl (C=O) groups is 3. The van der Waals surface area contributed by atoms with Crippen LogP contribution in [-0.2, 0) is 9.59 Å². The predicted molar refractivity (Wildman–Crippen MR) is 59.1 cm³/mol. The molecule has 7 heteroatoms. The standard InChI is InChI=1S/C8H12N2O3.ClH.K.H/c1-3-8(4-2)5(11)9-7(13)10-6(8)12;;;/h3-4H2,1-2H3,(H2,9,10,11,12,13);1H;;. The van der Waals surface area contributed by atoms with Crippen molar-refractivity contribution in [2.24, 2.45) is 5.41 Å². The van der Waals surface area contributed by atoms with E-state index < -0.39 is 23.3 Å². The van der Waals surface area contributed by atoms with E-state index in [9.17, 15) is 14.4 Å². The van der Waals surface area contributed by atoms with Gasteiger partial charge in [-0.2, -0.15) is 0 Å². The quantitative estimate of drug-likeness (QED) is 0.539. The molecule has 0 aromatic heterocycles. The van der Waals surface area contributed by atoms with Crippen LogP contribution >= 0.6 is 12.4 Å². The number of imide groups is 2. The average molecular weight is 261 g/mol. The maximum atomic E-state index is 11.4. The van der Waals surface area contributed by atoms with Crippen LogP contribution in [0.3, 0.4) is 0 Å². The first-order valence-corrected chi connectivity index (χ1v) is 4.23. The normalized spacial score (nSPS) is 18.1. The monoisotopic (exact) mass is 260 g/mol. The van der Waals surface area contributed by atoms with Crippen LogP contribution in [0.4, 0.5) is 4.79 Å². The molecule has 0 atom stereocenters. The summed E-state index contributed by atoms with van der Waals surface area (Å²) < 4.78 is 0. The third-order valence-corrected chi connectivity index (χ3v) is 2.53. The summed E-state index contributed by atoms with van der Waals surface area (Å²) >= 11 is 0. The number of urea groups is 1. The molecule has 0 aromatic carbocycles. The van der Waals surface area contributed by atoms with Crippen LogP contribution in [0.2, 0.25) is 0 Å². The van der Waals surface area contributed by atoms with Gasteiger partial charge < -0.3 is 0 Å². The summed E-state index contributed by atoms with van der Waals surface area (Å²) in [6.45, 7) is 3.50. The van der Waals surface area contributed by atoms with E-state index in [2.05, 4.69) is 10.6 Å². The Bertz CT molecular complexity index is 257. The van der Waals surface area contributed by atoms with Crippen LogP contribution in [0, 0.1) is 5.41 Å². The second kappa shape index (κ2) is 6.98. The van der Waals surface area contributed by atoms with Crippen molar-refractivity contribution in [3.8, 4) is 0 Å². The molecule has 82 valence electrons. The van der Waals surface area contributed by atoms with Gasteiger partial charge in [0, 0.05) is 0 Å². The fourth-order valence-corrected chi connectivity index (χ4v) is 1.47. The molecule has 0 aliphatic carbocycles. The third-order valence-electron chi connectivity index (χ3n) is 2.53. The van der Waals surface area contributed by atoms with Crippen molar-refractivity contribution in [2.45, 2.75) is 26.7 Å².